The van der Waals surface area contributed by atoms with Gasteiger partial charge in [-0.1, -0.05) is 0 Å². The first-order valence-electron chi connectivity index (χ1n) is 5.66. The quantitative estimate of drug-likeness (QED) is 0.536. The summed E-state index contributed by atoms with van der Waals surface area (Å²) in [5.74, 6) is -1.36. The molecular weight excluding hydrogens is 224 g/mol. The predicted octanol–water partition coefficient (Wildman–Crippen LogP) is -1.67. The van der Waals surface area contributed by atoms with Crippen LogP contribution in [0.25, 0.3) is 0 Å². The van der Waals surface area contributed by atoms with Crippen molar-refractivity contribution in [3.63, 3.8) is 0 Å². The maximum atomic E-state index is 10.9. The van der Waals surface area contributed by atoms with E-state index >= 15 is 0 Å². The number of likely N-dealkylation sites (N-methyl/N-ethyl adjacent to an activating group) is 1. The van der Waals surface area contributed by atoms with E-state index in [1.807, 2.05) is 5.01 Å². The van der Waals surface area contributed by atoms with Gasteiger partial charge in [0.1, 0.15) is 6.04 Å². The lowest BCUT2D eigenvalue weighted by atomic mass is 10.3. The molecule has 0 aliphatic carbocycles. The van der Waals surface area contributed by atoms with Crippen LogP contribution in [-0.4, -0.2) is 72.7 Å². The Kier molecular flexibility index (Phi) is 5.33. The molecule has 0 aromatic rings. The Labute approximate surface area is 101 Å². The number of carbonyl (C=O) groups excluding carboxylic acids is 1. The van der Waals surface area contributed by atoms with E-state index in [0.717, 1.165) is 26.2 Å². The SMILES string of the molecule is CC(=O)NC(CNN1CCN(C)CC1)C(=O)O. The lowest BCUT2D eigenvalue weighted by molar-refractivity contribution is -0.141. The van der Waals surface area contributed by atoms with Crippen molar-refractivity contribution in [2.45, 2.75) is 13.0 Å². The number of aliphatic carboxylic acids is 1. The van der Waals surface area contributed by atoms with E-state index in [9.17, 15) is 9.59 Å². The van der Waals surface area contributed by atoms with Gasteiger partial charge in [-0.15, -0.1) is 0 Å². The molecule has 1 aliphatic heterocycles. The minimum atomic E-state index is -1.03. The molecule has 1 aliphatic rings. The highest BCUT2D eigenvalue weighted by atomic mass is 16.4. The zero-order valence-corrected chi connectivity index (χ0v) is 10.3. The van der Waals surface area contributed by atoms with E-state index in [-0.39, 0.29) is 12.5 Å². The fraction of sp³-hybridized carbons (Fsp3) is 0.800. The summed E-state index contributed by atoms with van der Waals surface area (Å²) in [5.41, 5.74) is 3.04. The Morgan fingerprint density at radius 1 is 1.29 bits per heavy atom. The molecule has 1 atom stereocenters. The summed E-state index contributed by atoms with van der Waals surface area (Å²) < 4.78 is 0. The average Bonchev–Trinajstić information content (AvgIpc) is 2.25. The first-order valence-corrected chi connectivity index (χ1v) is 5.66. The second-order valence-electron chi connectivity index (χ2n) is 4.24. The van der Waals surface area contributed by atoms with Crippen LogP contribution in [0.2, 0.25) is 0 Å². The summed E-state index contributed by atoms with van der Waals surface area (Å²) in [7, 11) is 2.05. The topological polar surface area (TPSA) is 84.9 Å². The Morgan fingerprint density at radius 3 is 2.35 bits per heavy atom. The first-order chi connectivity index (χ1) is 7.99. The van der Waals surface area contributed by atoms with Crippen LogP contribution in [0.4, 0.5) is 0 Å². The highest BCUT2D eigenvalue weighted by molar-refractivity contribution is 5.82. The number of hydrogen-bond acceptors (Lipinski definition) is 5. The van der Waals surface area contributed by atoms with Crippen LogP contribution in [0.3, 0.4) is 0 Å². The third-order valence-corrected chi connectivity index (χ3v) is 2.70. The highest BCUT2D eigenvalue weighted by Gasteiger charge is 2.20. The average molecular weight is 244 g/mol. The van der Waals surface area contributed by atoms with E-state index in [0.29, 0.717) is 0 Å². The van der Waals surface area contributed by atoms with Crippen molar-refractivity contribution in [2.75, 3.05) is 39.8 Å². The predicted molar refractivity (Wildman–Crippen MR) is 62.3 cm³/mol. The molecule has 0 saturated carbocycles. The molecule has 0 radical (unpaired) electrons. The van der Waals surface area contributed by atoms with Crippen LogP contribution >= 0.6 is 0 Å². The van der Waals surface area contributed by atoms with E-state index in [1.165, 1.54) is 6.92 Å². The zero-order chi connectivity index (χ0) is 12.8. The van der Waals surface area contributed by atoms with Gasteiger partial charge in [-0.25, -0.2) is 9.80 Å². The molecule has 1 heterocycles. The monoisotopic (exact) mass is 244 g/mol. The molecule has 1 unspecified atom stereocenters. The van der Waals surface area contributed by atoms with E-state index < -0.39 is 12.0 Å². The van der Waals surface area contributed by atoms with E-state index in [4.69, 9.17) is 5.11 Å². The molecule has 1 amide bonds. The molecular formula is C10H20N4O3. The molecule has 0 spiro atoms. The van der Waals surface area contributed by atoms with Crippen LogP contribution in [0.5, 0.6) is 0 Å². The van der Waals surface area contributed by atoms with Crippen molar-refractivity contribution in [1.82, 2.24) is 20.7 Å². The summed E-state index contributed by atoms with van der Waals surface area (Å²) in [5, 5.41) is 13.3. The number of hydrazine groups is 1. The summed E-state index contributed by atoms with van der Waals surface area (Å²) in [6.07, 6.45) is 0. The number of carbonyl (C=O) groups is 2. The van der Waals surface area contributed by atoms with Crippen molar-refractivity contribution in [3.05, 3.63) is 0 Å². The molecule has 0 bridgehead atoms. The minimum absolute atomic E-state index is 0.207. The molecule has 98 valence electrons. The number of carboxylic acids is 1. The van der Waals surface area contributed by atoms with Gasteiger partial charge in [-0.2, -0.15) is 0 Å². The largest absolute Gasteiger partial charge is 0.480 e. The molecule has 1 fully saturated rings. The molecule has 17 heavy (non-hydrogen) atoms. The fourth-order valence-electron chi connectivity index (χ4n) is 1.63. The fourth-order valence-corrected chi connectivity index (χ4v) is 1.63. The standard InChI is InChI=1S/C10H20N4O3/c1-8(15)12-9(10(16)17)7-11-14-5-3-13(2)4-6-14/h9,11H,3-7H2,1-2H3,(H,12,15)(H,16,17). The van der Waals surface area contributed by atoms with Gasteiger partial charge < -0.3 is 15.3 Å². The van der Waals surface area contributed by atoms with Crippen LogP contribution in [0, 0.1) is 0 Å². The Bertz CT molecular complexity index is 277. The zero-order valence-electron chi connectivity index (χ0n) is 10.3. The van der Waals surface area contributed by atoms with Gasteiger partial charge >= 0.3 is 5.97 Å². The van der Waals surface area contributed by atoms with E-state index in [2.05, 4.69) is 22.7 Å². The van der Waals surface area contributed by atoms with Gasteiger partial charge in [-0.05, 0) is 7.05 Å². The molecule has 7 nitrogen and oxygen atoms in total. The maximum absolute atomic E-state index is 10.9. The van der Waals surface area contributed by atoms with Crippen molar-refractivity contribution >= 4 is 11.9 Å². The summed E-state index contributed by atoms with van der Waals surface area (Å²) in [6, 6.07) is -0.882. The van der Waals surface area contributed by atoms with Gasteiger partial charge in [0.2, 0.25) is 5.91 Å². The Hall–Kier alpha value is -1.18. The highest BCUT2D eigenvalue weighted by Crippen LogP contribution is 1.95. The number of rotatable bonds is 5. The minimum Gasteiger partial charge on any atom is -0.480 e. The van der Waals surface area contributed by atoms with Gasteiger partial charge in [0.25, 0.3) is 0 Å². The van der Waals surface area contributed by atoms with Gasteiger partial charge in [0.05, 0.1) is 0 Å². The summed E-state index contributed by atoms with van der Waals surface area (Å²) >= 11 is 0. The van der Waals surface area contributed by atoms with Gasteiger partial charge in [0.15, 0.2) is 0 Å². The first kappa shape index (κ1) is 13.9. The number of piperazine rings is 1. The molecule has 1 saturated heterocycles. The Balaban J connectivity index is 2.31. The van der Waals surface area contributed by atoms with Crippen molar-refractivity contribution < 1.29 is 14.7 Å². The second kappa shape index (κ2) is 6.53. The Morgan fingerprint density at radius 2 is 1.88 bits per heavy atom. The van der Waals surface area contributed by atoms with E-state index in [1.54, 1.807) is 0 Å². The normalized spacial score (nSPS) is 19.9. The number of nitrogens with one attached hydrogen (secondary N) is 2. The second-order valence-corrected chi connectivity index (χ2v) is 4.24. The summed E-state index contributed by atoms with van der Waals surface area (Å²) in [6.45, 7) is 5.12. The molecule has 3 N–H and O–H groups in total. The van der Waals surface area contributed by atoms with Gasteiger partial charge in [-0.3, -0.25) is 10.2 Å². The maximum Gasteiger partial charge on any atom is 0.327 e. The number of hydrogen-bond donors (Lipinski definition) is 3. The number of amides is 1. The third-order valence-electron chi connectivity index (χ3n) is 2.70. The van der Waals surface area contributed by atoms with Crippen molar-refractivity contribution in [1.29, 1.82) is 0 Å². The summed E-state index contributed by atoms with van der Waals surface area (Å²) in [4.78, 5) is 23.9. The lowest BCUT2D eigenvalue weighted by Gasteiger charge is -2.33. The molecule has 0 aromatic carbocycles. The third kappa shape index (κ3) is 5.12. The van der Waals surface area contributed by atoms with Gasteiger partial charge in [0, 0.05) is 39.6 Å². The molecule has 7 heteroatoms. The van der Waals surface area contributed by atoms with Crippen molar-refractivity contribution in [2.24, 2.45) is 0 Å². The van der Waals surface area contributed by atoms with Crippen molar-refractivity contribution in [3.8, 4) is 0 Å². The smallest absolute Gasteiger partial charge is 0.327 e. The number of nitrogens with zero attached hydrogens (tertiary/aromatic N) is 2. The van der Waals surface area contributed by atoms with Crippen LogP contribution in [0.1, 0.15) is 6.92 Å². The van der Waals surface area contributed by atoms with Crippen LogP contribution < -0.4 is 10.7 Å². The van der Waals surface area contributed by atoms with Crippen LogP contribution in [0.15, 0.2) is 0 Å². The van der Waals surface area contributed by atoms with Crippen LogP contribution in [-0.2, 0) is 9.59 Å². The number of carboxylic acid groups (broad SMARTS) is 1. The lowest BCUT2D eigenvalue weighted by Crippen LogP contribution is -2.55. The molecule has 1 rings (SSSR count). The molecule has 0 aromatic heterocycles.